The van der Waals surface area contributed by atoms with Gasteiger partial charge in [0.05, 0.1) is 12.5 Å². The zero-order valence-corrected chi connectivity index (χ0v) is 14.6. The predicted octanol–water partition coefficient (Wildman–Crippen LogP) is 1.21. The molecule has 3 rings (SSSR count). The van der Waals surface area contributed by atoms with E-state index in [4.69, 9.17) is 8.83 Å². The van der Waals surface area contributed by atoms with Crippen molar-refractivity contribution >= 4 is 23.6 Å². The highest BCUT2D eigenvalue weighted by molar-refractivity contribution is 5.96. The second-order valence-electron chi connectivity index (χ2n) is 6.11. The Morgan fingerprint density at radius 2 is 1.27 bits per heavy atom. The highest BCUT2D eigenvalue weighted by Gasteiger charge is 2.15. The molecule has 0 saturated carbocycles. The lowest BCUT2D eigenvalue weighted by atomic mass is 10.3. The van der Waals surface area contributed by atoms with Crippen LogP contribution in [0.4, 0.5) is 11.8 Å². The maximum atomic E-state index is 11.9. The molecular formula is C18H24N4O4. The van der Waals surface area contributed by atoms with Gasteiger partial charge in [0.15, 0.2) is 11.8 Å². The smallest absolute Gasteiger partial charge is 0.229 e. The third-order valence-electron chi connectivity index (χ3n) is 4.22. The Kier molecular flexibility index (Phi) is 6.19. The number of hydrogen-bond donors (Lipinski definition) is 2. The van der Waals surface area contributed by atoms with Gasteiger partial charge in [0.1, 0.15) is 6.42 Å². The van der Waals surface area contributed by atoms with Crippen molar-refractivity contribution in [3.05, 3.63) is 36.8 Å². The average molecular weight is 360 g/mol. The van der Waals surface area contributed by atoms with Crippen LogP contribution in [-0.2, 0) is 9.59 Å². The van der Waals surface area contributed by atoms with Crippen molar-refractivity contribution in [2.75, 3.05) is 49.1 Å². The summed E-state index contributed by atoms with van der Waals surface area (Å²) in [6.45, 7) is 3.70. The molecule has 140 valence electrons. The maximum Gasteiger partial charge on any atom is 0.229 e. The Labute approximate surface area is 152 Å². The highest BCUT2D eigenvalue weighted by Crippen LogP contribution is 2.17. The molecule has 1 fully saturated rings. The largest absolute Gasteiger partial charge is 0.449 e. The summed E-state index contributed by atoms with van der Waals surface area (Å²) in [5, 5.41) is 5.56. The number of nitrogens with zero attached hydrogens (tertiary/aromatic N) is 2. The Bertz CT molecular complexity index is 626. The SMILES string of the molecule is O=C1CC(=O)NCCN(c2ccco2)CCCN(c2ccco2)CCN1. The molecule has 0 spiro atoms. The van der Waals surface area contributed by atoms with Crippen LogP contribution < -0.4 is 20.4 Å². The van der Waals surface area contributed by atoms with E-state index < -0.39 is 0 Å². The lowest BCUT2D eigenvalue weighted by Crippen LogP contribution is -2.41. The van der Waals surface area contributed by atoms with Crippen LogP contribution in [0.5, 0.6) is 0 Å². The van der Waals surface area contributed by atoms with Crippen LogP contribution >= 0.6 is 0 Å². The summed E-state index contributed by atoms with van der Waals surface area (Å²) in [7, 11) is 0. The van der Waals surface area contributed by atoms with Gasteiger partial charge in [-0.05, 0) is 18.6 Å². The van der Waals surface area contributed by atoms with Crippen molar-refractivity contribution in [2.45, 2.75) is 12.8 Å². The first kappa shape index (κ1) is 17.9. The Balaban J connectivity index is 1.68. The zero-order valence-electron chi connectivity index (χ0n) is 14.6. The molecule has 0 aliphatic carbocycles. The molecule has 0 aromatic carbocycles. The summed E-state index contributed by atoms with van der Waals surface area (Å²) in [6, 6.07) is 7.50. The second kappa shape index (κ2) is 8.98. The fourth-order valence-corrected chi connectivity index (χ4v) is 2.95. The van der Waals surface area contributed by atoms with Crippen molar-refractivity contribution < 1.29 is 18.4 Å². The van der Waals surface area contributed by atoms with Crippen LogP contribution in [0, 0.1) is 0 Å². The van der Waals surface area contributed by atoms with Crippen LogP contribution in [0.2, 0.25) is 0 Å². The van der Waals surface area contributed by atoms with E-state index in [1.54, 1.807) is 12.5 Å². The fourth-order valence-electron chi connectivity index (χ4n) is 2.95. The summed E-state index contributed by atoms with van der Waals surface area (Å²) < 4.78 is 11.0. The molecule has 8 heteroatoms. The van der Waals surface area contributed by atoms with Crippen molar-refractivity contribution in [2.24, 2.45) is 0 Å². The molecule has 8 nitrogen and oxygen atoms in total. The number of amides is 2. The van der Waals surface area contributed by atoms with Crippen molar-refractivity contribution in [3.8, 4) is 0 Å². The van der Waals surface area contributed by atoms with Crippen LogP contribution in [0.3, 0.4) is 0 Å². The van der Waals surface area contributed by atoms with Gasteiger partial charge in [0.2, 0.25) is 11.8 Å². The van der Waals surface area contributed by atoms with E-state index in [-0.39, 0.29) is 18.2 Å². The molecule has 2 N–H and O–H groups in total. The van der Waals surface area contributed by atoms with Gasteiger partial charge in [-0.1, -0.05) is 0 Å². The number of rotatable bonds is 2. The van der Waals surface area contributed by atoms with E-state index in [1.165, 1.54) is 0 Å². The number of nitrogens with one attached hydrogen (secondary N) is 2. The van der Waals surface area contributed by atoms with E-state index in [0.717, 1.165) is 31.3 Å². The van der Waals surface area contributed by atoms with Gasteiger partial charge in [-0.15, -0.1) is 0 Å². The Hall–Kier alpha value is -2.90. The van der Waals surface area contributed by atoms with Gasteiger partial charge in [-0.25, -0.2) is 0 Å². The average Bonchev–Trinajstić information content (AvgIpc) is 3.32. The third-order valence-corrected chi connectivity index (χ3v) is 4.22. The highest BCUT2D eigenvalue weighted by atomic mass is 16.3. The second-order valence-corrected chi connectivity index (χ2v) is 6.11. The maximum absolute atomic E-state index is 11.9. The Morgan fingerprint density at radius 3 is 1.69 bits per heavy atom. The summed E-state index contributed by atoms with van der Waals surface area (Å²) in [4.78, 5) is 27.9. The summed E-state index contributed by atoms with van der Waals surface area (Å²) in [5.41, 5.74) is 0. The van der Waals surface area contributed by atoms with Gasteiger partial charge in [-0.2, -0.15) is 0 Å². The van der Waals surface area contributed by atoms with Crippen LogP contribution in [0.15, 0.2) is 45.6 Å². The standard InChI is InChI=1S/C18H24N4O4/c23-15-14-16(24)20-7-11-22(18-5-2-13-26-18)9-3-8-21(10-6-19-15)17-4-1-12-25-17/h1-2,4-5,12-13H,3,6-11,14H2,(H,19,23)(H,20,24). The first-order valence-corrected chi connectivity index (χ1v) is 8.82. The van der Waals surface area contributed by atoms with Crippen molar-refractivity contribution in [1.82, 2.24) is 10.6 Å². The van der Waals surface area contributed by atoms with Crippen molar-refractivity contribution in [1.29, 1.82) is 0 Å². The number of carbonyl (C=O) groups is 2. The van der Waals surface area contributed by atoms with E-state index in [2.05, 4.69) is 20.4 Å². The molecule has 26 heavy (non-hydrogen) atoms. The molecule has 0 radical (unpaired) electrons. The molecule has 1 aliphatic heterocycles. The minimum Gasteiger partial charge on any atom is -0.449 e. The van der Waals surface area contributed by atoms with Crippen LogP contribution in [-0.4, -0.2) is 51.1 Å². The molecule has 2 amide bonds. The molecule has 1 aliphatic rings. The number of hydrogen-bond acceptors (Lipinski definition) is 6. The molecule has 2 aromatic rings. The van der Waals surface area contributed by atoms with E-state index in [0.29, 0.717) is 26.2 Å². The van der Waals surface area contributed by atoms with E-state index in [9.17, 15) is 9.59 Å². The topological polar surface area (TPSA) is 91.0 Å². The van der Waals surface area contributed by atoms with Gasteiger partial charge in [0, 0.05) is 51.4 Å². The first-order valence-electron chi connectivity index (χ1n) is 8.82. The zero-order chi connectivity index (χ0) is 18.2. The minimum absolute atomic E-state index is 0.165. The van der Waals surface area contributed by atoms with Crippen LogP contribution in [0.25, 0.3) is 0 Å². The van der Waals surface area contributed by atoms with E-state index in [1.807, 2.05) is 24.3 Å². The summed E-state index contributed by atoms with van der Waals surface area (Å²) >= 11 is 0. The summed E-state index contributed by atoms with van der Waals surface area (Å²) in [5.74, 6) is 0.992. The molecule has 0 bridgehead atoms. The quantitative estimate of drug-likeness (QED) is 0.783. The number of carbonyl (C=O) groups excluding carboxylic acids is 2. The van der Waals surface area contributed by atoms with Crippen LogP contribution in [0.1, 0.15) is 12.8 Å². The fraction of sp³-hybridized carbons (Fsp3) is 0.444. The predicted molar refractivity (Wildman–Crippen MR) is 97.1 cm³/mol. The normalized spacial score (nSPS) is 18.2. The Morgan fingerprint density at radius 1 is 0.769 bits per heavy atom. The number of anilines is 2. The van der Waals surface area contributed by atoms with Gasteiger partial charge in [0.25, 0.3) is 0 Å². The van der Waals surface area contributed by atoms with Gasteiger partial charge >= 0.3 is 0 Å². The monoisotopic (exact) mass is 360 g/mol. The molecule has 0 unspecified atom stereocenters. The first-order chi connectivity index (χ1) is 12.7. The minimum atomic E-state index is -0.276. The molecule has 0 atom stereocenters. The lowest BCUT2D eigenvalue weighted by molar-refractivity contribution is -0.129. The van der Waals surface area contributed by atoms with Gasteiger partial charge < -0.3 is 29.3 Å². The third kappa shape index (κ3) is 5.05. The van der Waals surface area contributed by atoms with Gasteiger partial charge in [-0.3, -0.25) is 9.59 Å². The summed E-state index contributed by atoms with van der Waals surface area (Å²) in [6.07, 6.45) is 3.99. The molecular weight excluding hydrogens is 336 g/mol. The number of furan rings is 2. The molecule has 3 heterocycles. The molecule has 2 aromatic heterocycles. The molecule has 1 saturated heterocycles. The van der Waals surface area contributed by atoms with E-state index >= 15 is 0 Å². The lowest BCUT2D eigenvalue weighted by Gasteiger charge is -2.26. The van der Waals surface area contributed by atoms with Crippen molar-refractivity contribution in [3.63, 3.8) is 0 Å².